The summed E-state index contributed by atoms with van der Waals surface area (Å²) in [5.74, 6) is -0.635. The summed E-state index contributed by atoms with van der Waals surface area (Å²) < 4.78 is 29.3. The largest absolute Gasteiger partial charge is 0.481 e. The molecule has 0 spiro atoms. The van der Waals surface area contributed by atoms with Crippen molar-refractivity contribution in [2.45, 2.75) is 140 Å². The lowest BCUT2D eigenvalue weighted by Gasteiger charge is -2.24. The van der Waals surface area contributed by atoms with Gasteiger partial charge in [0.2, 0.25) is 5.91 Å². The Labute approximate surface area is 271 Å². The molecular formula is C31H54N3O11P. The summed E-state index contributed by atoms with van der Waals surface area (Å²) in [7, 11) is -3.40. The van der Waals surface area contributed by atoms with Crippen LogP contribution in [0.1, 0.15) is 122 Å². The molecule has 46 heavy (non-hydrogen) atoms. The first kappa shape index (κ1) is 39.8. The number of unbranched alkanes of at least 4 members (excludes halogenated alkanes) is 14. The molecule has 2 rings (SSSR count). The van der Waals surface area contributed by atoms with Crippen molar-refractivity contribution >= 4 is 20.1 Å². The Morgan fingerprint density at radius 2 is 1.43 bits per heavy atom. The van der Waals surface area contributed by atoms with E-state index < -0.39 is 56.6 Å². The van der Waals surface area contributed by atoms with E-state index in [1.165, 1.54) is 44.7 Å². The number of nitrogens with one attached hydrogen (secondary N) is 2. The summed E-state index contributed by atoms with van der Waals surface area (Å²) in [4.78, 5) is 57.9. The molecule has 5 unspecified atom stereocenters. The van der Waals surface area contributed by atoms with Crippen LogP contribution in [0.4, 0.5) is 0 Å². The number of hydrogen-bond acceptors (Lipinski definition) is 9. The molecule has 14 nitrogen and oxygen atoms in total. The summed E-state index contributed by atoms with van der Waals surface area (Å²) in [6.45, 7) is 0.323. The van der Waals surface area contributed by atoms with Crippen molar-refractivity contribution in [3.05, 3.63) is 33.1 Å². The van der Waals surface area contributed by atoms with Gasteiger partial charge < -0.3 is 34.4 Å². The molecule has 1 aromatic rings. The quantitative estimate of drug-likeness (QED) is 0.0670. The number of aliphatic hydroxyl groups is 1. The number of aliphatic carboxylic acids is 1. The molecule has 1 aliphatic rings. The zero-order valence-corrected chi connectivity index (χ0v) is 27.9. The van der Waals surface area contributed by atoms with Gasteiger partial charge in [0.1, 0.15) is 18.3 Å². The van der Waals surface area contributed by atoms with Crippen molar-refractivity contribution < 1.29 is 43.3 Å². The number of carbonyl (C=O) groups excluding carboxylic acids is 1. The predicted octanol–water partition coefficient (Wildman–Crippen LogP) is 3.80. The lowest BCUT2D eigenvalue weighted by atomic mass is 10.0. The van der Waals surface area contributed by atoms with Crippen LogP contribution < -0.4 is 16.6 Å². The van der Waals surface area contributed by atoms with E-state index in [2.05, 4.69) is 10.3 Å². The lowest BCUT2D eigenvalue weighted by Crippen LogP contribution is -2.40. The number of H-pyrrole nitrogens is 1. The fourth-order valence-electron chi connectivity index (χ4n) is 5.59. The number of aromatic nitrogens is 2. The van der Waals surface area contributed by atoms with Crippen molar-refractivity contribution in [2.75, 3.05) is 19.8 Å². The predicted molar refractivity (Wildman–Crippen MR) is 172 cm³/mol. The molecule has 15 heteroatoms. The highest BCUT2D eigenvalue weighted by Gasteiger charge is 2.48. The molecule has 0 aromatic carbocycles. The zero-order chi connectivity index (χ0) is 33.6. The highest BCUT2D eigenvalue weighted by molar-refractivity contribution is 7.32. The lowest BCUT2D eigenvalue weighted by molar-refractivity contribution is -0.137. The van der Waals surface area contributed by atoms with E-state index >= 15 is 0 Å². The number of aromatic amines is 1. The van der Waals surface area contributed by atoms with Crippen LogP contribution in [0.15, 0.2) is 21.9 Å². The third kappa shape index (κ3) is 16.5. The van der Waals surface area contributed by atoms with E-state index in [-0.39, 0.29) is 18.9 Å². The van der Waals surface area contributed by atoms with Gasteiger partial charge in [0.25, 0.3) is 5.56 Å². The number of carboxylic acid groups (broad SMARTS) is 1. The Hall–Kier alpha value is -2.35. The number of nitrogens with zero attached hydrogens (tertiary/aromatic N) is 1. The van der Waals surface area contributed by atoms with Gasteiger partial charge >= 0.3 is 19.9 Å². The van der Waals surface area contributed by atoms with E-state index in [4.69, 9.17) is 19.1 Å². The van der Waals surface area contributed by atoms with Gasteiger partial charge in [-0.05, 0) is 25.7 Å². The Bertz CT molecular complexity index is 1150. The SMILES string of the molecule is O=C(O)CCCCCCCCCCCCCCC(=O)NCCCCCCOC1C(O[PH](=O)O)C(CO)OC1n1ccc(=O)[nH]c1=O. The van der Waals surface area contributed by atoms with Crippen molar-refractivity contribution in [3.63, 3.8) is 0 Å². The van der Waals surface area contributed by atoms with E-state index in [9.17, 15) is 33.7 Å². The van der Waals surface area contributed by atoms with Crippen molar-refractivity contribution in [2.24, 2.45) is 0 Å². The van der Waals surface area contributed by atoms with Crippen LogP contribution in [0.25, 0.3) is 0 Å². The van der Waals surface area contributed by atoms with Gasteiger partial charge in [-0.15, -0.1) is 0 Å². The average molecular weight is 676 g/mol. The first-order chi connectivity index (χ1) is 22.2. The molecule has 2 heterocycles. The molecule has 264 valence electrons. The fraction of sp³-hybridized carbons (Fsp3) is 0.806. The maximum absolute atomic E-state index is 12.3. The highest BCUT2D eigenvalue weighted by atomic mass is 31.1. The molecule has 0 aliphatic carbocycles. The second kappa shape index (κ2) is 23.9. The number of carbonyl (C=O) groups is 2. The monoisotopic (exact) mass is 675 g/mol. The minimum Gasteiger partial charge on any atom is -0.481 e. The van der Waals surface area contributed by atoms with Crippen LogP contribution in [0.2, 0.25) is 0 Å². The van der Waals surface area contributed by atoms with Gasteiger partial charge in [0.05, 0.1) is 6.61 Å². The highest BCUT2D eigenvalue weighted by Crippen LogP contribution is 2.37. The number of ether oxygens (including phenoxy) is 2. The Kier molecular flexibility index (Phi) is 20.7. The van der Waals surface area contributed by atoms with Crippen LogP contribution in [-0.2, 0) is 28.2 Å². The fourth-order valence-corrected chi connectivity index (χ4v) is 6.11. The number of amides is 1. The summed E-state index contributed by atoms with van der Waals surface area (Å²) in [6, 6.07) is 1.14. The smallest absolute Gasteiger partial charge is 0.330 e. The standard InChI is InChI=1S/C31H54N3O11P/c35-23-24-28(45-46(41)42)29(30(44-24)34-21-19-26(37)33-31(34)40)43-22-16-12-11-15-20-32-25(36)17-13-9-7-5-3-1-2-4-6-8-10-14-18-27(38)39/h19,21,24,28-30,35,46H,1-18,20,22-23H2,(H,32,36)(H,38,39)(H,41,42)(H,33,37,40). The molecule has 5 N–H and O–H groups in total. The number of rotatable bonds is 27. The van der Waals surface area contributed by atoms with Gasteiger partial charge in [-0.1, -0.05) is 77.0 Å². The molecule has 1 amide bonds. The first-order valence-corrected chi connectivity index (χ1v) is 18.1. The molecule has 0 radical (unpaired) electrons. The topological polar surface area (TPSA) is 206 Å². The maximum atomic E-state index is 12.3. The molecule has 1 saturated heterocycles. The van der Waals surface area contributed by atoms with Gasteiger partial charge in [-0.25, -0.2) is 4.79 Å². The van der Waals surface area contributed by atoms with Crippen LogP contribution in [-0.4, -0.2) is 74.6 Å². The molecule has 1 fully saturated rings. The molecular weight excluding hydrogens is 621 g/mol. The van der Waals surface area contributed by atoms with Crippen LogP contribution in [0, 0.1) is 0 Å². The molecule has 0 bridgehead atoms. The van der Waals surface area contributed by atoms with E-state index in [1.807, 2.05) is 0 Å². The second-order valence-electron chi connectivity index (χ2n) is 11.8. The second-order valence-corrected chi connectivity index (χ2v) is 12.6. The summed E-state index contributed by atoms with van der Waals surface area (Å²) in [5.41, 5.74) is -1.33. The molecule has 1 aromatic heterocycles. The molecule has 0 saturated carbocycles. The van der Waals surface area contributed by atoms with E-state index in [0.29, 0.717) is 19.4 Å². The third-order valence-corrected chi connectivity index (χ3v) is 8.55. The van der Waals surface area contributed by atoms with Crippen molar-refractivity contribution in [3.8, 4) is 0 Å². The van der Waals surface area contributed by atoms with Crippen molar-refractivity contribution in [1.82, 2.24) is 14.9 Å². The van der Waals surface area contributed by atoms with Crippen LogP contribution in [0.5, 0.6) is 0 Å². The van der Waals surface area contributed by atoms with Crippen LogP contribution in [0.3, 0.4) is 0 Å². The summed E-state index contributed by atoms with van der Waals surface area (Å²) in [5, 5.41) is 21.3. The van der Waals surface area contributed by atoms with Crippen molar-refractivity contribution in [1.29, 1.82) is 0 Å². The minimum atomic E-state index is -3.40. The third-order valence-electron chi connectivity index (χ3n) is 8.08. The van der Waals surface area contributed by atoms with Gasteiger partial charge in [0, 0.05) is 38.3 Å². The summed E-state index contributed by atoms with van der Waals surface area (Å²) >= 11 is 0. The van der Waals surface area contributed by atoms with E-state index in [1.54, 1.807) is 0 Å². The summed E-state index contributed by atoms with van der Waals surface area (Å²) in [6.07, 6.45) is 14.3. The Morgan fingerprint density at radius 1 is 0.870 bits per heavy atom. The first-order valence-electron chi connectivity index (χ1n) is 16.8. The zero-order valence-electron chi connectivity index (χ0n) is 26.9. The van der Waals surface area contributed by atoms with Gasteiger partial charge in [-0.2, -0.15) is 0 Å². The maximum Gasteiger partial charge on any atom is 0.330 e. The molecule has 5 atom stereocenters. The van der Waals surface area contributed by atoms with E-state index in [0.717, 1.165) is 68.4 Å². The average Bonchev–Trinajstić information content (AvgIpc) is 3.34. The Balaban J connectivity index is 1.51. The minimum absolute atomic E-state index is 0.0732. The van der Waals surface area contributed by atoms with Gasteiger partial charge in [0.15, 0.2) is 6.23 Å². The Morgan fingerprint density at radius 3 is 2.00 bits per heavy atom. The van der Waals surface area contributed by atoms with Crippen LogP contribution >= 0.6 is 8.25 Å². The number of aliphatic hydroxyl groups excluding tert-OH is 1. The molecule has 1 aliphatic heterocycles. The number of carboxylic acids is 1. The number of hydrogen-bond donors (Lipinski definition) is 5. The normalized spacial score (nSPS) is 20.1. The van der Waals surface area contributed by atoms with Gasteiger partial charge in [-0.3, -0.25) is 28.5 Å².